The van der Waals surface area contributed by atoms with E-state index in [4.69, 9.17) is 4.74 Å². The molecule has 2 aliphatic carbocycles. The van der Waals surface area contributed by atoms with E-state index in [9.17, 15) is 24.9 Å². The Bertz CT molecular complexity index is 1230. The molecule has 0 unspecified atom stereocenters. The van der Waals surface area contributed by atoms with Crippen LogP contribution in [0.2, 0.25) is 0 Å². The van der Waals surface area contributed by atoms with E-state index < -0.39 is 23.2 Å². The number of phenolic OH excluding ortho intramolecular Hbond substituents is 2. The summed E-state index contributed by atoms with van der Waals surface area (Å²) in [6, 6.07) is 9.69. The van der Waals surface area contributed by atoms with E-state index in [0.717, 1.165) is 24.0 Å². The highest BCUT2D eigenvalue weighted by Gasteiger charge is 2.67. The lowest BCUT2D eigenvalue weighted by atomic mass is 9.60. The zero-order valence-corrected chi connectivity index (χ0v) is 21.0. The third kappa shape index (κ3) is 3.41. The highest BCUT2D eigenvalue weighted by molar-refractivity contribution is 5.95. The van der Waals surface area contributed by atoms with Crippen LogP contribution in [0.5, 0.6) is 17.2 Å². The van der Waals surface area contributed by atoms with Crippen molar-refractivity contribution in [2.75, 3.05) is 0 Å². The lowest BCUT2D eigenvalue weighted by Gasteiger charge is -2.50. The molecule has 0 aromatic heterocycles. The maximum absolute atomic E-state index is 12.2. The molecule has 6 nitrogen and oxygen atoms in total. The predicted octanol–water partition coefficient (Wildman–Crippen LogP) is 5.39. The number of ether oxygens (including phenoxy) is 1. The van der Waals surface area contributed by atoms with Crippen LogP contribution in [-0.2, 0) is 0 Å². The fourth-order valence-corrected chi connectivity index (χ4v) is 7.20. The Balaban J connectivity index is 1.81. The molecule has 1 aliphatic heterocycles. The Morgan fingerprint density at radius 1 is 1.00 bits per heavy atom. The number of phenols is 2. The Hall–Kier alpha value is -3.12. The summed E-state index contributed by atoms with van der Waals surface area (Å²) in [5, 5.41) is 33.0. The Morgan fingerprint density at radius 2 is 1.67 bits per heavy atom. The van der Waals surface area contributed by atoms with Crippen LogP contribution < -0.4 is 4.74 Å². The van der Waals surface area contributed by atoms with Crippen LogP contribution in [-0.4, -0.2) is 40.1 Å². The number of hydrogen-bond donors (Lipinski definition) is 3. The molecule has 0 radical (unpaired) electrons. The van der Waals surface area contributed by atoms with Gasteiger partial charge in [-0.15, -0.1) is 0 Å². The number of rotatable bonds is 3. The van der Waals surface area contributed by atoms with Crippen LogP contribution in [0.15, 0.2) is 42.5 Å². The van der Waals surface area contributed by atoms with E-state index in [1.165, 1.54) is 0 Å². The molecular formula is C30H34O6. The van der Waals surface area contributed by atoms with E-state index >= 15 is 0 Å². The summed E-state index contributed by atoms with van der Waals surface area (Å²) in [5.41, 5.74) is 1.01. The first-order valence-corrected chi connectivity index (χ1v) is 12.7. The van der Waals surface area contributed by atoms with Crippen LogP contribution in [0.25, 0.3) is 0 Å². The summed E-state index contributed by atoms with van der Waals surface area (Å²) in [5.74, 6) is -0.736. The van der Waals surface area contributed by atoms with Crippen LogP contribution in [0.4, 0.5) is 0 Å². The summed E-state index contributed by atoms with van der Waals surface area (Å²) >= 11 is 0. The van der Waals surface area contributed by atoms with Gasteiger partial charge >= 0.3 is 0 Å². The minimum absolute atomic E-state index is 0.0333. The van der Waals surface area contributed by atoms with E-state index in [0.29, 0.717) is 36.9 Å². The fraction of sp³-hybridized carbons (Fsp3) is 0.467. The van der Waals surface area contributed by atoms with Crippen LogP contribution in [0.3, 0.4) is 0 Å². The molecule has 190 valence electrons. The number of fused-ring (bicyclic) bond motifs is 4. The van der Waals surface area contributed by atoms with Gasteiger partial charge in [0.1, 0.15) is 23.4 Å². The first kappa shape index (κ1) is 24.6. The van der Waals surface area contributed by atoms with Crippen molar-refractivity contribution in [2.24, 2.45) is 22.7 Å². The predicted molar refractivity (Wildman–Crippen MR) is 136 cm³/mol. The standard InChI is InChI=1S/C30H34O6/c1-16-10-11-20-24(29(20,2)3)28-30(4,13-12-21(16)33)23(17-8-6-5-7-9-17)22-26(35)18(14-31)25(34)19(15-32)27(22)36-28/h5-9,14-15,20-21,23-24,28,33-35H,1,10-13H2,2-4H3/t20-,21+,23+,24-,28+,30-/m1/s1. The summed E-state index contributed by atoms with van der Waals surface area (Å²) in [6.45, 7) is 10.7. The first-order chi connectivity index (χ1) is 17.1. The molecule has 0 amide bonds. The second-order valence-corrected chi connectivity index (χ2v) is 11.6. The monoisotopic (exact) mass is 490 g/mol. The number of hydrogen-bond acceptors (Lipinski definition) is 6. The van der Waals surface area contributed by atoms with E-state index in [2.05, 4.69) is 27.4 Å². The SMILES string of the molecule is C=C1CC[C@@H]2[C@H]([C@@H]3Oc4c(C=O)c(O)c(C=O)c(O)c4[C@H](c4ccccc4)[C@@]3(C)CC[C@@H]1O)C2(C)C. The summed E-state index contributed by atoms with van der Waals surface area (Å²) < 4.78 is 6.69. The van der Waals surface area contributed by atoms with Gasteiger partial charge in [0.05, 0.1) is 17.2 Å². The third-order valence-electron chi connectivity index (χ3n) is 9.39. The smallest absolute Gasteiger partial charge is 0.157 e. The minimum atomic E-state index is -0.650. The summed E-state index contributed by atoms with van der Waals surface area (Å²) in [7, 11) is 0. The molecule has 0 saturated heterocycles. The van der Waals surface area contributed by atoms with Gasteiger partial charge in [0.25, 0.3) is 0 Å². The number of aromatic hydroxyl groups is 2. The molecule has 2 aromatic carbocycles. The minimum Gasteiger partial charge on any atom is -0.507 e. The van der Waals surface area contributed by atoms with Crippen molar-refractivity contribution in [1.29, 1.82) is 0 Å². The molecular weight excluding hydrogens is 456 g/mol. The number of aliphatic hydroxyl groups is 1. The van der Waals surface area contributed by atoms with E-state index in [1.54, 1.807) is 0 Å². The molecule has 2 aromatic rings. The topological polar surface area (TPSA) is 104 Å². The summed E-state index contributed by atoms with van der Waals surface area (Å²) in [4.78, 5) is 24.1. The second-order valence-electron chi connectivity index (χ2n) is 11.6. The molecule has 3 aliphatic rings. The quantitative estimate of drug-likeness (QED) is 0.394. The lowest BCUT2D eigenvalue weighted by Crippen LogP contribution is -2.49. The Morgan fingerprint density at radius 3 is 2.31 bits per heavy atom. The maximum atomic E-state index is 12.2. The molecule has 6 atom stereocenters. The number of aliphatic hydroxyl groups excluding tert-OH is 1. The molecule has 2 saturated carbocycles. The van der Waals surface area contributed by atoms with Crippen LogP contribution in [0.1, 0.15) is 84.2 Å². The molecule has 6 heteroatoms. The fourth-order valence-electron chi connectivity index (χ4n) is 7.20. The van der Waals surface area contributed by atoms with E-state index in [-0.39, 0.29) is 40.1 Å². The lowest BCUT2D eigenvalue weighted by molar-refractivity contribution is -0.0163. The van der Waals surface area contributed by atoms with Crippen molar-refractivity contribution in [3.63, 3.8) is 0 Å². The van der Waals surface area contributed by atoms with Gasteiger partial charge in [-0.05, 0) is 48.2 Å². The number of carbonyl (C=O) groups is 2. The largest absolute Gasteiger partial charge is 0.507 e. The van der Waals surface area contributed by atoms with Gasteiger partial charge in [0.2, 0.25) is 0 Å². The Labute approximate surface area is 211 Å². The normalized spacial score (nSPS) is 32.8. The molecule has 36 heavy (non-hydrogen) atoms. The number of benzene rings is 2. The molecule has 3 N–H and O–H groups in total. The van der Waals surface area contributed by atoms with Gasteiger partial charge in [0, 0.05) is 22.8 Å². The highest BCUT2D eigenvalue weighted by Crippen LogP contribution is 2.70. The molecule has 0 spiro atoms. The van der Waals surface area contributed by atoms with Gasteiger partial charge < -0.3 is 20.1 Å². The van der Waals surface area contributed by atoms with Crippen molar-refractivity contribution in [1.82, 2.24) is 0 Å². The van der Waals surface area contributed by atoms with Gasteiger partial charge in [0.15, 0.2) is 12.6 Å². The van der Waals surface area contributed by atoms with Crippen molar-refractivity contribution in [3.05, 3.63) is 64.7 Å². The van der Waals surface area contributed by atoms with Gasteiger partial charge in [-0.25, -0.2) is 0 Å². The zero-order chi connectivity index (χ0) is 26.0. The molecule has 5 rings (SSSR count). The first-order valence-electron chi connectivity index (χ1n) is 12.7. The van der Waals surface area contributed by atoms with Crippen molar-refractivity contribution >= 4 is 12.6 Å². The molecule has 2 fully saturated rings. The Kier molecular flexibility index (Phi) is 5.79. The third-order valence-corrected chi connectivity index (χ3v) is 9.39. The summed E-state index contributed by atoms with van der Waals surface area (Å²) in [6.07, 6.45) is 2.56. The average Bonchev–Trinajstić information content (AvgIpc) is 3.40. The van der Waals surface area contributed by atoms with Gasteiger partial charge in [-0.2, -0.15) is 0 Å². The molecule has 0 bridgehead atoms. The maximum Gasteiger partial charge on any atom is 0.157 e. The number of carbonyl (C=O) groups excluding carboxylic acids is 2. The van der Waals surface area contributed by atoms with Crippen molar-refractivity contribution in [3.8, 4) is 17.2 Å². The van der Waals surface area contributed by atoms with E-state index in [1.807, 2.05) is 30.3 Å². The zero-order valence-electron chi connectivity index (χ0n) is 21.0. The van der Waals surface area contributed by atoms with Crippen LogP contribution in [0, 0.1) is 22.7 Å². The molecule has 1 heterocycles. The van der Waals surface area contributed by atoms with Crippen molar-refractivity contribution in [2.45, 2.75) is 64.6 Å². The highest BCUT2D eigenvalue weighted by atomic mass is 16.5. The number of aldehydes is 2. The van der Waals surface area contributed by atoms with Crippen LogP contribution >= 0.6 is 0 Å². The van der Waals surface area contributed by atoms with Gasteiger partial charge in [-0.3, -0.25) is 9.59 Å². The van der Waals surface area contributed by atoms with Gasteiger partial charge in [-0.1, -0.05) is 57.7 Å². The second kappa shape index (κ2) is 8.48. The average molecular weight is 491 g/mol. The van der Waals surface area contributed by atoms with Crippen molar-refractivity contribution < 1.29 is 29.6 Å².